The number of anilines is 1. The van der Waals surface area contributed by atoms with Gasteiger partial charge in [0.25, 0.3) is 5.91 Å². The molecule has 0 unspecified atom stereocenters. The van der Waals surface area contributed by atoms with Crippen LogP contribution in [0.25, 0.3) is 0 Å². The summed E-state index contributed by atoms with van der Waals surface area (Å²) in [6.45, 7) is 2.41. The maximum atomic E-state index is 13.5. The number of carbonyl (C=O) groups excluding carboxylic acids is 1. The van der Waals surface area contributed by atoms with Crippen LogP contribution in [-0.2, 0) is 10.9 Å². The van der Waals surface area contributed by atoms with Crippen molar-refractivity contribution in [2.75, 3.05) is 44.8 Å². The van der Waals surface area contributed by atoms with Gasteiger partial charge in [-0.05, 0) is 24.6 Å². The van der Waals surface area contributed by atoms with Crippen LogP contribution in [0.1, 0.15) is 28.0 Å². The van der Waals surface area contributed by atoms with E-state index in [4.69, 9.17) is 10.00 Å². The highest BCUT2D eigenvalue weighted by Gasteiger charge is 2.50. The number of likely N-dealkylation sites (tertiary alicyclic amines) is 1. The molecular weight excluding hydrogens is 423 g/mol. The number of ether oxygens (including phenoxy) is 1. The van der Waals surface area contributed by atoms with Crippen LogP contribution in [0, 0.1) is 22.7 Å². The molecule has 1 aromatic heterocycles. The zero-order chi connectivity index (χ0) is 22.9. The van der Waals surface area contributed by atoms with E-state index in [0.717, 1.165) is 6.07 Å². The van der Waals surface area contributed by atoms with E-state index in [2.05, 4.69) is 9.97 Å². The first-order valence-electron chi connectivity index (χ1n) is 10.2. The normalized spacial score (nSPS) is 23.0. The summed E-state index contributed by atoms with van der Waals surface area (Å²) in [6, 6.07) is 5.42. The predicted octanol–water partition coefficient (Wildman–Crippen LogP) is 2.98. The second kappa shape index (κ2) is 8.39. The second-order valence-corrected chi connectivity index (χ2v) is 8.30. The Kier molecular flexibility index (Phi) is 5.77. The summed E-state index contributed by atoms with van der Waals surface area (Å²) in [5.74, 6) is -0.193. The predicted molar refractivity (Wildman–Crippen MR) is 109 cm³/mol. The molecule has 0 bridgehead atoms. The first-order valence-corrected chi connectivity index (χ1v) is 10.2. The molecule has 2 saturated heterocycles. The molecule has 2 aromatic rings. The molecule has 2 atom stereocenters. The first kappa shape index (κ1) is 22.0. The molecule has 1 aromatic carbocycles. The van der Waals surface area contributed by atoms with Crippen LogP contribution in [0.4, 0.5) is 18.9 Å². The smallest absolute Gasteiger partial charge is 0.384 e. The van der Waals surface area contributed by atoms with Gasteiger partial charge in [0.15, 0.2) is 0 Å². The maximum Gasteiger partial charge on any atom is 0.417 e. The molecule has 4 rings (SSSR count). The number of nitriles is 1. The third-order valence-corrected chi connectivity index (χ3v) is 6.43. The number of hydrogen-bond acceptors (Lipinski definition) is 6. The maximum absolute atomic E-state index is 13.5. The van der Waals surface area contributed by atoms with E-state index in [1.54, 1.807) is 24.1 Å². The van der Waals surface area contributed by atoms with Gasteiger partial charge in [0.05, 0.1) is 30.0 Å². The van der Waals surface area contributed by atoms with Crippen molar-refractivity contribution in [3.8, 4) is 6.07 Å². The molecule has 7 nitrogen and oxygen atoms in total. The van der Waals surface area contributed by atoms with Gasteiger partial charge >= 0.3 is 6.18 Å². The van der Waals surface area contributed by atoms with E-state index >= 15 is 0 Å². The lowest BCUT2D eigenvalue weighted by Gasteiger charge is -2.42. The lowest BCUT2D eigenvalue weighted by atomic mass is 9.73. The van der Waals surface area contributed by atoms with Crippen LogP contribution < -0.4 is 4.90 Å². The van der Waals surface area contributed by atoms with E-state index in [-0.39, 0.29) is 22.9 Å². The highest BCUT2D eigenvalue weighted by molar-refractivity contribution is 5.92. The molecule has 32 heavy (non-hydrogen) atoms. The van der Waals surface area contributed by atoms with Crippen molar-refractivity contribution in [1.82, 2.24) is 14.9 Å². The minimum absolute atomic E-state index is 0.0156. The topological polar surface area (TPSA) is 82.3 Å². The van der Waals surface area contributed by atoms with Gasteiger partial charge in [-0.2, -0.15) is 18.4 Å². The largest absolute Gasteiger partial charge is 0.417 e. The molecule has 2 fully saturated rings. The number of fused-ring (bicyclic) bond motifs is 1. The van der Waals surface area contributed by atoms with Gasteiger partial charge in [0.1, 0.15) is 5.69 Å². The molecule has 3 heterocycles. The molecule has 2 aliphatic rings. The Labute approximate surface area is 183 Å². The van der Waals surface area contributed by atoms with Crippen molar-refractivity contribution in [1.29, 1.82) is 5.26 Å². The van der Waals surface area contributed by atoms with Crippen molar-refractivity contribution < 1.29 is 22.7 Å². The minimum atomic E-state index is -4.61. The Bertz CT molecular complexity index is 1040. The standard InChI is InChI=1S/C22H22F3N5O2/c1-32-14-21-4-7-29(20(31)19-10-27-5-6-28-19)11-16(21)12-30(13-21)17-3-2-15(9-26)18(8-17)22(23,24)25/h2-3,5-6,8,10,16H,4,7,11-14H2,1H3/t16-,21+/m1/s1. The van der Waals surface area contributed by atoms with E-state index < -0.39 is 17.3 Å². The number of halogens is 3. The molecule has 0 radical (unpaired) electrons. The van der Waals surface area contributed by atoms with E-state index in [1.807, 2.05) is 4.90 Å². The third kappa shape index (κ3) is 4.00. The molecule has 1 amide bonds. The van der Waals surface area contributed by atoms with Gasteiger partial charge in [0, 0.05) is 62.7 Å². The fraction of sp³-hybridized carbons (Fsp3) is 0.455. The lowest BCUT2D eigenvalue weighted by Crippen LogP contribution is -2.51. The van der Waals surface area contributed by atoms with Crippen molar-refractivity contribution in [3.63, 3.8) is 0 Å². The number of carbonyl (C=O) groups is 1. The molecule has 0 spiro atoms. The number of methoxy groups -OCH3 is 1. The first-order chi connectivity index (χ1) is 15.3. The number of hydrogen-bond donors (Lipinski definition) is 0. The summed E-state index contributed by atoms with van der Waals surface area (Å²) in [4.78, 5) is 24.5. The lowest BCUT2D eigenvalue weighted by molar-refractivity contribution is -0.137. The number of aromatic nitrogens is 2. The van der Waals surface area contributed by atoms with Gasteiger partial charge in [-0.3, -0.25) is 9.78 Å². The third-order valence-electron chi connectivity index (χ3n) is 6.43. The zero-order valence-electron chi connectivity index (χ0n) is 17.5. The van der Waals surface area contributed by atoms with Gasteiger partial charge < -0.3 is 14.5 Å². The summed E-state index contributed by atoms with van der Waals surface area (Å²) >= 11 is 0. The Morgan fingerprint density at radius 1 is 1.34 bits per heavy atom. The fourth-order valence-corrected chi connectivity index (χ4v) is 4.82. The van der Waals surface area contributed by atoms with Gasteiger partial charge in [0.2, 0.25) is 0 Å². The highest BCUT2D eigenvalue weighted by atomic mass is 19.4. The molecule has 2 aliphatic heterocycles. The minimum Gasteiger partial charge on any atom is -0.384 e. The Morgan fingerprint density at radius 3 is 2.81 bits per heavy atom. The number of rotatable bonds is 4. The summed E-state index contributed by atoms with van der Waals surface area (Å²) in [5, 5.41) is 9.07. The quantitative estimate of drug-likeness (QED) is 0.720. The van der Waals surface area contributed by atoms with Crippen LogP contribution in [0.15, 0.2) is 36.8 Å². The number of alkyl halides is 3. The molecule has 0 aliphatic carbocycles. The molecular formula is C22H22F3N5O2. The van der Waals surface area contributed by atoms with Crippen molar-refractivity contribution >= 4 is 11.6 Å². The Hall–Kier alpha value is -3.19. The summed E-state index contributed by atoms with van der Waals surface area (Å²) in [7, 11) is 1.61. The van der Waals surface area contributed by atoms with Crippen LogP contribution in [0.2, 0.25) is 0 Å². The second-order valence-electron chi connectivity index (χ2n) is 8.30. The monoisotopic (exact) mass is 445 g/mol. The van der Waals surface area contributed by atoms with Crippen LogP contribution in [0.3, 0.4) is 0 Å². The van der Waals surface area contributed by atoms with Gasteiger partial charge in [-0.25, -0.2) is 4.98 Å². The van der Waals surface area contributed by atoms with Crippen LogP contribution >= 0.6 is 0 Å². The fourth-order valence-electron chi connectivity index (χ4n) is 4.82. The number of piperidine rings is 1. The molecule has 10 heteroatoms. The van der Waals surface area contributed by atoms with Crippen LogP contribution in [-0.4, -0.2) is 60.7 Å². The average Bonchev–Trinajstić information content (AvgIpc) is 3.17. The summed E-state index contributed by atoms with van der Waals surface area (Å²) in [6.07, 6.45) is 0.439. The number of amides is 1. The molecule has 0 saturated carbocycles. The average molecular weight is 445 g/mol. The van der Waals surface area contributed by atoms with Crippen molar-refractivity contribution in [2.45, 2.75) is 12.6 Å². The van der Waals surface area contributed by atoms with Gasteiger partial charge in [-0.15, -0.1) is 0 Å². The van der Waals surface area contributed by atoms with E-state index in [9.17, 15) is 18.0 Å². The zero-order valence-corrected chi connectivity index (χ0v) is 17.5. The Morgan fingerprint density at radius 2 is 2.16 bits per heavy atom. The highest BCUT2D eigenvalue weighted by Crippen LogP contribution is 2.45. The Balaban J connectivity index is 1.59. The number of benzene rings is 1. The SMILES string of the molecule is COC[C@@]12CCN(C(=O)c3cnccn3)C[C@@H]1CN(c1ccc(C#N)c(C(F)(F)F)c1)C2. The van der Waals surface area contributed by atoms with E-state index in [0.29, 0.717) is 44.9 Å². The van der Waals surface area contributed by atoms with E-state index in [1.165, 1.54) is 24.7 Å². The summed E-state index contributed by atoms with van der Waals surface area (Å²) in [5.41, 5.74) is -0.936. The molecule has 168 valence electrons. The van der Waals surface area contributed by atoms with Crippen molar-refractivity contribution in [3.05, 3.63) is 53.6 Å². The van der Waals surface area contributed by atoms with Crippen LogP contribution in [0.5, 0.6) is 0 Å². The van der Waals surface area contributed by atoms with Crippen molar-refractivity contribution in [2.24, 2.45) is 11.3 Å². The van der Waals surface area contributed by atoms with Gasteiger partial charge in [-0.1, -0.05) is 0 Å². The summed E-state index contributed by atoms with van der Waals surface area (Å²) < 4.78 is 45.8. The number of nitrogens with zero attached hydrogens (tertiary/aromatic N) is 5. The molecule has 0 N–H and O–H groups in total.